The number of amides is 2. The van der Waals surface area contributed by atoms with Crippen LogP contribution in [0.1, 0.15) is 20.9 Å². The van der Waals surface area contributed by atoms with Gasteiger partial charge < -0.3 is 24.5 Å². The van der Waals surface area contributed by atoms with Crippen LogP contribution in [-0.2, 0) is 9.53 Å². The first kappa shape index (κ1) is 19.7. The van der Waals surface area contributed by atoms with Gasteiger partial charge in [0.2, 0.25) is 0 Å². The van der Waals surface area contributed by atoms with Gasteiger partial charge in [-0.15, -0.1) is 0 Å². The Morgan fingerprint density at radius 2 is 1.72 bits per heavy atom. The van der Waals surface area contributed by atoms with E-state index in [1.807, 2.05) is 0 Å². The third-order valence-electron chi connectivity index (χ3n) is 3.81. The molecular formula is C21H18N2O6. The first-order valence-corrected chi connectivity index (χ1v) is 8.61. The second-order valence-electron chi connectivity index (χ2n) is 5.87. The van der Waals surface area contributed by atoms with Crippen molar-refractivity contribution in [3.05, 3.63) is 78.3 Å². The molecule has 8 nitrogen and oxygen atoms in total. The van der Waals surface area contributed by atoms with Gasteiger partial charge in [-0.3, -0.25) is 9.59 Å². The normalized spacial score (nSPS) is 10.1. The molecule has 0 saturated heterocycles. The number of carbonyl (C=O) groups excluding carboxylic acids is 3. The van der Waals surface area contributed by atoms with Crippen LogP contribution >= 0.6 is 0 Å². The number of hydrogen-bond donors (Lipinski definition) is 2. The van der Waals surface area contributed by atoms with E-state index in [0.29, 0.717) is 17.1 Å². The Kier molecular flexibility index (Phi) is 6.26. The standard InChI is InChI=1S/C21H18N2O6/c1-27-17-5-2-4-16(12-17)22-19(24)13-29-21(26)14-7-9-15(10-8-14)23-20(25)18-6-3-11-28-18/h2-12H,13H2,1H3,(H,22,24)(H,23,25). The lowest BCUT2D eigenvalue weighted by atomic mass is 10.2. The molecule has 0 aliphatic carbocycles. The van der Waals surface area contributed by atoms with Crippen molar-refractivity contribution in [1.29, 1.82) is 0 Å². The highest BCUT2D eigenvalue weighted by molar-refractivity contribution is 6.02. The summed E-state index contributed by atoms with van der Waals surface area (Å²) in [6.07, 6.45) is 1.40. The van der Waals surface area contributed by atoms with Gasteiger partial charge in [0.05, 0.1) is 18.9 Å². The zero-order chi connectivity index (χ0) is 20.6. The van der Waals surface area contributed by atoms with Gasteiger partial charge in [0, 0.05) is 17.4 Å². The van der Waals surface area contributed by atoms with E-state index < -0.39 is 24.4 Å². The molecule has 1 aromatic heterocycles. The van der Waals surface area contributed by atoms with Gasteiger partial charge in [-0.05, 0) is 48.5 Å². The molecular weight excluding hydrogens is 376 g/mol. The van der Waals surface area contributed by atoms with Crippen molar-refractivity contribution in [3.63, 3.8) is 0 Å². The van der Waals surface area contributed by atoms with Gasteiger partial charge >= 0.3 is 5.97 Å². The number of carbonyl (C=O) groups is 3. The number of hydrogen-bond acceptors (Lipinski definition) is 6. The zero-order valence-corrected chi connectivity index (χ0v) is 15.5. The average molecular weight is 394 g/mol. The van der Waals surface area contributed by atoms with Crippen LogP contribution < -0.4 is 15.4 Å². The van der Waals surface area contributed by atoms with Crippen molar-refractivity contribution in [2.24, 2.45) is 0 Å². The van der Waals surface area contributed by atoms with Crippen molar-refractivity contribution in [1.82, 2.24) is 0 Å². The Labute approximate surface area is 166 Å². The Morgan fingerprint density at radius 3 is 2.41 bits per heavy atom. The number of furan rings is 1. The lowest BCUT2D eigenvalue weighted by Crippen LogP contribution is -2.21. The molecule has 0 aliphatic heterocycles. The van der Waals surface area contributed by atoms with Crippen LogP contribution in [-0.4, -0.2) is 31.5 Å². The summed E-state index contributed by atoms with van der Waals surface area (Å²) in [5.74, 6) is -0.766. The maximum absolute atomic E-state index is 12.1. The number of ether oxygens (including phenoxy) is 2. The molecule has 0 unspecified atom stereocenters. The molecule has 148 valence electrons. The van der Waals surface area contributed by atoms with Crippen LogP contribution in [0.3, 0.4) is 0 Å². The first-order valence-electron chi connectivity index (χ1n) is 8.61. The number of nitrogens with one attached hydrogen (secondary N) is 2. The third kappa shape index (κ3) is 5.46. The highest BCUT2D eigenvalue weighted by Crippen LogP contribution is 2.17. The van der Waals surface area contributed by atoms with Crippen LogP contribution in [0, 0.1) is 0 Å². The lowest BCUT2D eigenvalue weighted by molar-refractivity contribution is -0.119. The molecule has 0 bridgehead atoms. The molecule has 2 amide bonds. The highest BCUT2D eigenvalue weighted by Gasteiger charge is 2.12. The van der Waals surface area contributed by atoms with E-state index in [0.717, 1.165) is 0 Å². The Hall–Kier alpha value is -4.07. The van der Waals surface area contributed by atoms with Gasteiger partial charge in [0.1, 0.15) is 5.75 Å². The minimum absolute atomic E-state index is 0.176. The van der Waals surface area contributed by atoms with Crippen LogP contribution in [0.5, 0.6) is 5.75 Å². The van der Waals surface area contributed by atoms with Crippen molar-refractivity contribution >= 4 is 29.2 Å². The molecule has 29 heavy (non-hydrogen) atoms. The fraction of sp³-hybridized carbons (Fsp3) is 0.0952. The van der Waals surface area contributed by atoms with Crippen LogP contribution in [0.2, 0.25) is 0 Å². The largest absolute Gasteiger partial charge is 0.497 e. The summed E-state index contributed by atoms with van der Waals surface area (Å²) < 4.78 is 15.1. The molecule has 0 atom stereocenters. The predicted molar refractivity (Wildman–Crippen MR) is 105 cm³/mol. The Balaban J connectivity index is 1.50. The number of esters is 1. The second-order valence-corrected chi connectivity index (χ2v) is 5.87. The molecule has 0 fully saturated rings. The average Bonchev–Trinajstić information content (AvgIpc) is 3.28. The molecule has 8 heteroatoms. The van der Waals surface area contributed by atoms with Crippen molar-refractivity contribution in [2.45, 2.75) is 0 Å². The summed E-state index contributed by atoms with van der Waals surface area (Å²) in [6.45, 7) is -0.437. The third-order valence-corrected chi connectivity index (χ3v) is 3.81. The molecule has 0 aliphatic rings. The van der Waals surface area contributed by atoms with E-state index in [4.69, 9.17) is 13.9 Å². The van der Waals surface area contributed by atoms with Crippen molar-refractivity contribution in [3.8, 4) is 5.75 Å². The zero-order valence-electron chi connectivity index (χ0n) is 15.5. The maximum atomic E-state index is 12.1. The fourth-order valence-corrected chi connectivity index (χ4v) is 2.40. The van der Waals surface area contributed by atoms with E-state index in [9.17, 15) is 14.4 Å². The minimum atomic E-state index is -0.658. The van der Waals surface area contributed by atoms with Crippen molar-refractivity contribution < 1.29 is 28.3 Å². The molecule has 2 N–H and O–H groups in total. The topological polar surface area (TPSA) is 107 Å². The molecule has 0 saturated carbocycles. The van der Waals surface area contributed by atoms with Crippen LogP contribution in [0.15, 0.2) is 71.3 Å². The summed E-state index contributed by atoms with van der Waals surface area (Å²) in [5, 5.41) is 5.25. The summed E-state index contributed by atoms with van der Waals surface area (Å²) in [6, 6.07) is 16.0. The van der Waals surface area contributed by atoms with E-state index in [-0.39, 0.29) is 11.3 Å². The summed E-state index contributed by atoms with van der Waals surface area (Å²) in [5.41, 5.74) is 1.26. The van der Waals surface area contributed by atoms with E-state index in [2.05, 4.69) is 10.6 Å². The quantitative estimate of drug-likeness (QED) is 0.595. The molecule has 0 radical (unpaired) electrons. The summed E-state index contributed by atoms with van der Waals surface area (Å²) in [7, 11) is 1.52. The molecule has 3 rings (SSSR count). The summed E-state index contributed by atoms with van der Waals surface area (Å²) >= 11 is 0. The Bertz CT molecular complexity index is 996. The SMILES string of the molecule is COc1cccc(NC(=O)COC(=O)c2ccc(NC(=O)c3ccco3)cc2)c1. The van der Waals surface area contributed by atoms with E-state index in [1.54, 1.807) is 42.5 Å². The molecule has 2 aromatic carbocycles. The predicted octanol–water partition coefficient (Wildman–Crippen LogP) is 3.34. The molecule has 3 aromatic rings. The van der Waals surface area contributed by atoms with E-state index >= 15 is 0 Å². The maximum Gasteiger partial charge on any atom is 0.338 e. The Morgan fingerprint density at radius 1 is 0.931 bits per heavy atom. The van der Waals surface area contributed by atoms with Gasteiger partial charge in [-0.2, -0.15) is 0 Å². The second kappa shape index (κ2) is 9.23. The fourth-order valence-electron chi connectivity index (χ4n) is 2.40. The first-order chi connectivity index (χ1) is 14.0. The molecule has 0 spiro atoms. The number of rotatable bonds is 7. The molecule has 1 heterocycles. The highest BCUT2D eigenvalue weighted by atomic mass is 16.5. The number of methoxy groups -OCH3 is 1. The number of benzene rings is 2. The minimum Gasteiger partial charge on any atom is -0.497 e. The monoisotopic (exact) mass is 394 g/mol. The van der Waals surface area contributed by atoms with Gasteiger partial charge in [-0.25, -0.2) is 4.79 Å². The van der Waals surface area contributed by atoms with Gasteiger partial charge in [0.15, 0.2) is 12.4 Å². The van der Waals surface area contributed by atoms with Crippen molar-refractivity contribution in [2.75, 3.05) is 24.4 Å². The number of anilines is 2. The van der Waals surface area contributed by atoms with E-state index in [1.165, 1.54) is 31.6 Å². The van der Waals surface area contributed by atoms with Crippen LogP contribution in [0.25, 0.3) is 0 Å². The van der Waals surface area contributed by atoms with Crippen LogP contribution in [0.4, 0.5) is 11.4 Å². The lowest BCUT2D eigenvalue weighted by Gasteiger charge is -2.08. The van der Waals surface area contributed by atoms with Gasteiger partial charge in [-0.1, -0.05) is 6.07 Å². The summed E-state index contributed by atoms with van der Waals surface area (Å²) in [4.78, 5) is 36.0. The van der Waals surface area contributed by atoms with Gasteiger partial charge in [0.25, 0.3) is 11.8 Å². The smallest absolute Gasteiger partial charge is 0.338 e.